The Morgan fingerprint density at radius 3 is 2.71 bits per heavy atom. The molecule has 1 aromatic rings. The van der Waals surface area contributed by atoms with E-state index < -0.39 is 0 Å². The van der Waals surface area contributed by atoms with Crippen LogP contribution in [0.25, 0.3) is 0 Å². The Kier molecular flexibility index (Phi) is 4.86. The van der Waals surface area contributed by atoms with Crippen molar-refractivity contribution in [1.82, 2.24) is 0 Å². The topological polar surface area (TPSA) is 32.3 Å². The van der Waals surface area contributed by atoms with E-state index >= 15 is 0 Å². The molecule has 0 radical (unpaired) electrons. The van der Waals surface area contributed by atoms with Crippen LogP contribution in [0.15, 0.2) is 28.7 Å². The molecule has 0 spiro atoms. The zero-order valence-corrected chi connectivity index (χ0v) is 11.6. The number of nitrogens with one attached hydrogen (secondary N) is 1. The van der Waals surface area contributed by atoms with Gasteiger partial charge in [0, 0.05) is 23.3 Å². The van der Waals surface area contributed by atoms with Gasteiger partial charge in [-0.1, -0.05) is 34.8 Å². The highest BCUT2D eigenvalue weighted by molar-refractivity contribution is 9.10. The Labute approximate surface area is 112 Å². The molecule has 0 heterocycles. The van der Waals surface area contributed by atoms with Crippen molar-refractivity contribution in [2.75, 3.05) is 18.5 Å². The van der Waals surface area contributed by atoms with Crippen molar-refractivity contribution in [1.29, 1.82) is 0 Å². The summed E-state index contributed by atoms with van der Waals surface area (Å²) in [6, 6.07) is 8.25. The van der Waals surface area contributed by atoms with Gasteiger partial charge in [0.05, 0.1) is 0 Å². The fourth-order valence-electron chi connectivity index (χ4n) is 2.64. The molecule has 1 aliphatic carbocycles. The van der Waals surface area contributed by atoms with E-state index in [1.165, 1.54) is 25.7 Å². The van der Waals surface area contributed by atoms with Gasteiger partial charge in [-0.25, -0.2) is 0 Å². The minimum atomic E-state index is 0.338. The van der Waals surface area contributed by atoms with Crippen molar-refractivity contribution >= 4 is 21.6 Å². The SMILES string of the molecule is OCC1CCCCC1CNc1cccc(Br)c1. The zero-order chi connectivity index (χ0) is 12.1. The van der Waals surface area contributed by atoms with Gasteiger partial charge in [0.2, 0.25) is 0 Å². The normalized spacial score (nSPS) is 24.6. The number of halogens is 1. The molecule has 17 heavy (non-hydrogen) atoms. The molecule has 2 nitrogen and oxygen atoms in total. The van der Waals surface area contributed by atoms with E-state index in [0.29, 0.717) is 18.4 Å². The smallest absolute Gasteiger partial charge is 0.0462 e. The quantitative estimate of drug-likeness (QED) is 0.889. The third-order valence-electron chi connectivity index (χ3n) is 3.69. The van der Waals surface area contributed by atoms with Crippen LogP contribution in [0, 0.1) is 11.8 Å². The fourth-order valence-corrected chi connectivity index (χ4v) is 3.04. The van der Waals surface area contributed by atoms with Gasteiger partial charge < -0.3 is 10.4 Å². The van der Waals surface area contributed by atoms with Crippen molar-refractivity contribution in [3.8, 4) is 0 Å². The summed E-state index contributed by atoms with van der Waals surface area (Å²) in [6.07, 6.45) is 5.01. The Balaban J connectivity index is 1.88. The van der Waals surface area contributed by atoms with Crippen LogP contribution in [0.1, 0.15) is 25.7 Å². The molecular formula is C14H20BrNO. The Bertz CT molecular complexity index is 356. The molecule has 3 heteroatoms. The Morgan fingerprint density at radius 1 is 1.24 bits per heavy atom. The zero-order valence-electron chi connectivity index (χ0n) is 10.0. The molecule has 0 aromatic heterocycles. The third kappa shape index (κ3) is 3.71. The summed E-state index contributed by atoms with van der Waals surface area (Å²) in [6.45, 7) is 1.31. The summed E-state index contributed by atoms with van der Waals surface area (Å²) in [5, 5.41) is 12.8. The van der Waals surface area contributed by atoms with Crippen molar-refractivity contribution in [2.45, 2.75) is 25.7 Å². The summed E-state index contributed by atoms with van der Waals surface area (Å²) < 4.78 is 1.10. The summed E-state index contributed by atoms with van der Waals surface area (Å²) in [5.74, 6) is 1.11. The standard InChI is InChI=1S/C14H20BrNO/c15-13-6-3-7-14(8-13)16-9-11-4-1-2-5-12(11)10-17/h3,6-8,11-12,16-17H,1-2,4-5,9-10H2. The van der Waals surface area contributed by atoms with Crippen LogP contribution in [0.4, 0.5) is 5.69 Å². The molecule has 1 fully saturated rings. The van der Waals surface area contributed by atoms with Gasteiger partial charge in [-0.2, -0.15) is 0 Å². The van der Waals surface area contributed by atoms with E-state index in [0.717, 1.165) is 16.7 Å². The van der Waals surface area contributed by atoms with Crippen molar-refractivity contribution in [2.24, 2.45) is 11.8 Å². The van der Waals surface area contributed by atoms with Gasteiger partial charge in [-0.3, -0.25) is 0 Å². The largest absolute Gasteiger partial charge is 0.396 e. The van der Waals surface area contributed by atoms with E-state index in [2.05, 4.69) is 33.4 Å². The summed E-state index contributed by atoms with van der Waals surface area (Å²) in [5.41, 5.74) is 1.15. The van der Waals surface area contributed by atoms with Crippen LogP contribution in [-0.4, -0.2) is 18.3 Å². The highest BCUT2D eigenvalue weighted by Crippen LogP contribution is 2.30. The van der Waals surface area contributed by atoms with Crippen LogP contribution < -0.4 is 5.32 Å². The van der Waals surface area contributed by atoms with Crippen LogP contribution in [0.2, 0.25) is 0 Å². The maximum absolute atomic E-state index is 9.37. The van der Waals surface area contributed by atoms with Crippen LogP contribution >= 0.6 is 15.9 Å². The van der Waals surface area contributed by atoms with E-state index in [4.69, 9.17) is 0 Å². The average molecular weight is 298 g/mol. The first kappa shape index (κ1) is 12.9. The summed E-state index contributed by atoms with van der Waals surface area (Å²) >= 11 is 3.47. The average Bonchev–Trinajstić information content (AvgIpc) is 2.37. The maximum atomic E-state index is 9.37. The molecule has 2 rings (SSSR count). The number of hydrogen-bond donors (Lipinski definition) is 2. The number of benzene rings is 1. The van der Waals surface area contributed by atoms with Crippen molar-refractivity contribution in [3.63, 3.8) is 0 Å². The predicted molar refractivity (Wildman–Crippen MR) is 75.2 cm³/mol. The summed E-state index contributed by atoms with van der Waals surface area (Å²) in [4.78, 5) is 0. The van der Waals surface area contributed by atoms with Gasteiger partial charge in [0.15, 0.2) is 0 Å². The first-order valence-corrected chi connectivity index (χ1v) is 7.19. The molecular weight excluding hydrogens is 278 g/mol. The van der Waals surface area contributed by atoms with Crippen LogP contribution in [-0.2, 0) is 0 Å². The lowest BCUT2D eigenvalue weighted by Crippen LogP contribution is -2.28. The maximum Gasteiger partial charge on any atom is 0.0462 e. The number of hydrogen-bond acceptors (Lipinski definition) is 2. The predicted octanol–water partition coefficient (Wildman–Crippen LogP) is 3.66. The molecule has 0 amide bonds. The highest BCUT2D eigenvalue weighted by Gasteiger charge is 2.23. The highest BCUT2D eigenvalue weighted by atomic mass is 79.9. The van der Waals surface area contributed by atoms with Gasteiger partial charge in [0.1, 0.15) is 0 Å². The van der Waals surface area contributed by atoms with Gasteiger partial charge in [-0.05, 0) is 42.9 Å². The molecule has 0 aliphatic heterocycles. The number of aliphatic hydroxyl groups is 1. The van der Waals surface area contributed by atoms with Gasteiger partial charge in [0.25, 0.3) is 0 Å². The minimum absolute atomic E-state index is 0.338. The Hall–Kier alpha value is -0.540. The van der Waals surface area contributed by atoms with Crippen molar-refractivity contribution < 1.29 is 5.11 Å². The van der Waals surface area contributed by atoms with E-state index in [1.54, 1.807) is 0 Å². The number of aliphatic hydroxyl groups excluding tert-OH is 1. The second-order valence-corrected chi connectivity index (χ2v) is 5.79. The van der Waals surface area contributed by atoms with E-state index in [-0.39, 0.29) is 0 Å². The van der Waals surface area contributed by atoms with Crippen LogP contribution in [0.3, 0.4) is 0 Å². The second-order valence-electron chi connectivity index (χ2n) is 4.88. The monoisotopic (exact) mass is 297 g/mol. The third-order valence-corrected chi connectivity index (χ3v) is 4.19. The molecule has 0 bridgehead atoms. The van der Waals surface area contributed by atoms with Crippen LogP contribution in [0.5, 0.6) is 0 Å². The fraction of sp³-hybridized carbons (Fsp3) is 0.571. The van der Waals surface area contributed by atoms with E-state index in [1.807, 2.05) is 12.1 Å². The van der Waals surface area contributed by atoms with Gasteiger partial charge >= 0.3 is 0 Å². The first-order valence-electron chi connectivity index (χ1n) is 6.40. The number of anilines is 1. The van der Waals surface area contributed by atoms with E-state index in [9.17, 15) is 5.11 Å². The minimum Gasteiger partial charge on any atom is -0.396 e. The van der Waals surface area contributed by atoms with Crippen molar-refractivity contribution in [3.05, 3.63) is 28.7 Å². The second kappa shape index (κ2) is 6.41. The molecule has 2 N–H and O–H groups in total. The summed E-state index contributed by atoms with van der Waals surface area (Å²) in [7, 11) is 0. The lowest BCUT2D eigenvalue weighted by Gasteiger charge is -2.30. The first-order chi connectivity index (χ1) is 8.29. The molecule has 1 aliphatic rings. The lowest BCUT2D eigenvalue weighted by atomic mass is 9.79. The molecule has 2 unspecified atom stereocenters. The molecule has 1 saturated carbocycles. The Morgan fingerprint density at radius 2 is 2.00 bits per heavy atom. The molecule has 0 saturated heterocycles. The van der Waals surface area contributed by atoms with Gasteiger partial charge in [-0.15, -0.1) is 0 Å². The molecule has 1 aromatic carbocycles. The number of rotatable bonds is 4. The molecule has 94 valence electrons. The molecule has 2 atom stereocenters. The lowest BCUT2D eigenvalue weighted by molar-refractivity contribution is 0.141.